The zero-order valence-electron chi connectivity index (χ0n) is 18.0. The van der Waals surface area contributed by atoms with Gasteiger partial charge in [-0.2, -0.15) is 11.3 Å². The molecule has 0 saturated carbocycles. The zero-order chi connectivity index (χ0) is 21.4. The van der Waals surface area contributed by atoms with Crippen molar-refractivity contribution in [1.82, 2.24) is 24.4 Å². The van der Waals surface area contributed by atoms with Crippen LogP contribution in [0.2, 0.25) is 0 Å². The third kappa shape index (κ3) is 3.94. The number of nitrogens with zero attached hydrogens (tertiary/aromatic N) is 4. The SMILES string of the molecule is CCCC(=O)N1CCCC[C@H]1c1cc2nc3c(c(=O)n2[nH]1)CN(Cc1ccsc1)CC3. The van der Waals surface area contributed by atoms with Gasteiger partial charge in [0.05, 0.1) is 23.0 Å². The summed E-state index contributed by atoms with van der Waals surface area (Å²) in [5, 5.41) is 7.56. The molecule has 8 heteroatoms. The van der Waals surface area contributed by atoms with Gasteiger partial charge in [-0.15, -0.1) is 0 Å². The Bertz CT molecular complexity index is 1130. The van der Waals surface area contributed by atoms with Gasteiger partial charge in [-0.05, 0) is 48.1 Å². The Kier molecular flexibility index (Phi) is 5.67. The van der Waals surface area contributed by atoms with E-state index in [2.05, 4.69) is 26.8 Å². The van der Waals surface area contributed by atoms with Crippen LogP contribution in [0.1, 0.15) is 67.6 Å². The fourth-order valence-corrected chi connectivity index (χ4v) is 5.57. The van der Waals surface area contributed by atoms with E-state index in [9.17, 15) is 9.59 Å². The predicted octanol–water partition coefficient (Wildman–Crippen LogP) is 3.50. The summed E-state index contributed by atoms with van der Waals surface area (Å²) in [5.74, 6) is 0.203. The van der Waals surface area contributed by atoms with E-state index in [0.717, 1.165) is 68.7 Å². The van der Waals surface area contributed by atoms with Crippen LogP contribution in [0.25, 0.3) is 5.65 Å². The number of carbonyl (C=O) groups is 1. The Balaban J connectivity index is 1.45. The number of amides is 1. The van der Waals surface area contributed by atoms with Gasteiger partial charge >= 0.3 is 0 Å². The van der Waals surface area contributed by atoms with Crippen molar-refractivity contribution in [3.05, 3.63) is 55.8 Å². The maximum Gasteiger partial charge on any atom is 0.277 e. The number of aromatic nitrogens is 3. The Hall–Kier alpha value is -2.45. The highest BCUT2D eigenvalue weighted by Gasteiger charge is 2.30. The minimum absolute atomic E-state index is 0.000942. The van der Waals surface area contributed by atoms with Gasteiger partial charge < -0.3 is 4.90 Å². The quantitative estimate of drug-likeness (QED) is 0.660. The first kappa shape index (κ1) is 20.5. The molecule has 3 aromatic heterocycles. The lowest BCUT2D eigenvalue weighted by Crippen LogP contribution is -2.38. The summed E-state index contributed by atoms with van der Waals surface area (Å²) in [6.07, 6.45) is 5.26. The molecule has 164 valence electrons. The first-order valence-corrected chi connectivity index (χ1v) is 12.2. The Labute approximate surface area is 185 Å². The van der Waals surface area contributed by atoms with Crippen molar-refractivity contribution in [2.24, 2.45) is 0 Å². The highest BCUT2D eigenvalue weighted by atomic mass is 32.1. The highest BCUT2D eigenvalue weighted by molar-refractivity contribution is 7.07. The summed E-state index contributed by atoms with van der Waals surface area (Å²) >= 11 is 1.70. The fourth-order valence-electron chi connectivity index (χ4n) is 4.91. The van der Waals surface area contributed by atoms with E-state index in [4.69, 9.17) is 4.98 Å². The summed E-state index contributed by atoms with van der Waals surface area (Å²) in [6.45, 7) is 5.21. The van der Waals surface area contributed by atoms with E-state index >= 15 is 0 Å². The molecular formula is C23H29N5O2S. The molecule has 0 aromatic carbocycles. The molecule has 0 bridgehead atoms. The maximum atomic E-state index is 13.3. The van der Waals surface area contributed by atoms with Crippen molar-refractivity contribution >= 4 is 22.9 Å². The van der Waals surface area contributed by atoms with Crippen LogP contribution in [0.5, 0.6) is 0 Å². The van der Waals surface area contributed by atoms with Crippen molar-refractivity contribution in [3.8, 4) is 0 Å². The summed E-state index contributed by atoms with van der Waals surface area (Å²) in [7, 11) is 0. The van der Waals surface area contributed by atoms with Crippen molar-refractivity contribution in [2.45, 2.75) is 64.6 Å². The average molecular weight is 440 g/mol. The molecule has 1 atom stereocenters. The van der Waals surface area contributed by atoms with Gasteiger partial charge in [-0.25, -0.2) is 9.50 Å². The summed E-state index contributed by atoms with van der Waals surface area (Å²) < 4.78 is 1.58. The molecule has 3 aromatic rings. The number of hydrogen-bond acceptors (Lipinski definition) is 5. The van der Waals surface area contributed by atoms with Crippen molar-refractivity contribution < 1.29 is 4.79 Å². The lowest BCUT2D eigenvalue weighted by atomic mass is 9.98. The monoisotopic (exact) mass is 439 g/mol. The molecule has 5 rings (SSSR count). The zero-order valence-corrected chi connectivity index (χ0v) is 18.8. The van der Waals surface area contributed by atoms with Crippen LogP contribution in [0.15, 0.2) is 27.7 Å². The van der Waals surface area contributed by atoms with Gasteiger partial charge in [0, 0.05) is 45.1 Å². The third-order valence-electron chi connectivity index (χ3n) is 6.49. The van der Waals surface area contributed by atoms with Crippen LogP contribution in [-0.4, -0.2) is 43.4 Å². The minimum atomic E-state index is -0.0106. The molecule has 0 unspecified atom stereocenters. The predicted molar refractivity (Wildman–Crippen MR) is 121 cm³/mol. The van der Waals surface area contributed by atoms with Crippen LogP contribution < -0.4 is 5.56 Å². The lowest BCUT2D eigenvalue weighted by molar-refractivity contribution is -0.135. The lowest BCUT2D eigenvalue weighted by Gasteiger charge is -2.35. The van der Waals surface area contributed by atoms with Gasteiger partial charge in [-0.3, -0.25) is 19.6 Å². The molecular weight excluding hydrogens is 410 g/mol. The number of likely N-dealkylation sites (tertiary alicyclic amines) is 1. The first-order valence-electron chi connectivity index (χ1n) is 11.3. The summed E-state index contributed by atoms with van der Waals surface area (Å²) in [5.41, 5.74) is 4.57. The molecule has 0 aliphatic carbocycles. The van der Waals surface area contributed by atoms with Crippen LogP contribution in [0.4, 0.5) is 0 Å². The molecule has 1 amide bonds. The second kappa shape index (κ2) is 8.59. The molecule has 0 radical (unpaired) electrons. The van der Waals surface area contributed by atoms with E-state index in [-0.39, 0.29) is 17.5 Å². The molecule has 1 saturated heterocycles. The smallest absolute Gasteiger partial charge is 0.277 e. The number of carbonyl (C=O) groups excluding carboxylic acids is 1. The largest absolute Gasteiger partial charge is 0.334 e. The van der Waals surface area contributed by atoms with Crippen molar-refractivity contribution in [1.29, 1.82) is 0 Å². The molecule has 2 aliphatic heterocycles. The highest BCUT2D eigenvalue weighted by Crippen LogP contribution is 2.31. The third-order valence-corrected chi connectivity index (χ3v) is 7.22. The van der Waals surface area contributed by atoms with E-state index < -0.39 is 0 Å². The normalized spacial score (nSPS) is 19.6. The minimum Gasteiger partial charge on any atom is -0.334 e. The summed E-state index contributed by atoms with van der Waals surface area (Å²) in [4.78, 5) is 35.1. The van der Waals surface area contributed by atoms with Crippen molar-refractivity contribution in [2.75, 3.05) is 13.1 Å². The van der Waals surface area contributed by atoms with Gasteiger partial charge in [0.2, 0.25) is 5.91 Å². The Morgan fingerprint density at radius 2 is 2.23 bits per heavy atom. The van der Waals surface area contributed by atoms with E-state index in [1.807, 2.05) is 17.9 Å². The molecule has 2 aliphatic rings. The van der Waals surface area contributed by atoms with Crippen LogP contribution in [0.3, 0.4) is 0 Å². The molecule has 1 N–H and O–H groups in total. The number of fused-ring (bicyclic) bond motifs is 2. The Morgan fingerprint density at radius 3 is 3.03 bits per heavy atom. The van der Waals surface area contributed by atoms with Crippen LogP contribution >= 0.6 is 11.3 Å². The number of thiophene rings is 1. The molecule has 7 nitrogen and oxygen atoms in total. The fraction of sp³-hybridized carbons (Fsp3) is 0.522. The van der Waals surface area contributed by atoms with Gasteiger partial charge in [0.15, 0.2) is 5.65 Å². The first-order chi connectivity index (χ1) is 15.1. The number of aromatic amines is 1. The standard InChI is InChI=1S/C23H29N5O2S/c1-2-5-22(29)27-9-4-3-6-20(27)19-12-21-24-18-7-10-26(13-16-8-11-31-15-16)14-17(18)23(30)28(21)25-19/h8,11-12,15,20,25H,2-7,9-10,13-14H2,1H3/t20-/m0/s1. The molecule has 0 spiro atoms. The van der Waals surface area contributed by atoms with Crippen molar-refractivity contribution in [3.63, 3.8) is 0 Å². The van der Waals surface area contributed by atoms with E-state index in [1.165, 1.54) is 5.56 Å². The Morgan fingerprint density at radius 1 is 1.32 bits per heavy atom. The number of piperidine rings is 1. The van der Waals surface area contributed by atoms with Gasteiger partial charge in [-0.1, -0.05) is 6.92 Å². The number of rotatable bonds is 5. The molecule has 1 fully saturated rings. The topological polar surface area (TPSA) is 73.7 Å². The number of nitrogens with one attached hydrogen (secondary N) is 1. The number of H-pyrrole nitrogens is 1. The molecule has 5 heterocycles. The maximum absolute atomic E-state index is 13.3. The number of hydrogen-bond donors (Lipinski definition) is 1. The average Bonchev–Trinajstić information content (AvgIpc) is 3.44. The molecule has 31 heavy (non-hydrogen) atoms. The van der Waals surface area contributed by atoms with Crippen LogP contribution in [-0.2, 0) is 24.3 Å². The van der Waals surface area contributed by atoms with E-state index in [0.29, 0.717) is 18.6 Å². The van der Waals surface area contributed by atoms with Gasteiger partial charge in [0.25, 0.3) is 5.56 Å². The van der Waals surface area contributed by atoms with Crippen LogP contribution in [0, 0.1) is 0 Å². The summed E-state index contributed by atoms with van der Waals surface area (Å²) in [6, 6.07) is 4.12. The second-order valence-electron chi connectivity index (χ2n) is 8.69. The van der Waals surface area contributed by atoms with E-state index in [1.54, 1.807) is 15.9 Å². The second-order valence-corrected chi connectivity index (χ2v) is 9.47. The van der Waals surface area contributed by atoms with Gasteiger partial charge in [0.1, 0.15) is 0 Å².